The number of rotatable bonds is 2. The SMILES string of the molecule is Clc1ccc2oc(-c3ccccc3)c/c(=N/c3nccs3)c2c1. The second kappa shape index (κ2) is 5.99. The number of hydrogen-bond donors (Lipinski definition) is 0. The first-order valence-electron chi connectivity index (χ1n) is 7.03. The van der Waals surface area contributed by atoms with E-state index in [0.29, 0.717) is 10.2 Å². The van der Waals surface area contributed by atoms with E-state index in [1.807, 2.05) is 60.0 Å². The Balaban J connectivity index is 2.03. The molecule has 0 aliphatic carbocycles. The Morgan fingerprint density at radius 2 is 1.91 bits per heavy atom. The highest BCUT2D eigenvalue weighted by atomic mass is 35.5. The minimum atomic E-state index is 0.649. The number of benzene rings is 2. The van der Waals surface area contributed by atoms with Crippen molar-refractivity contribution in [1.82, 2.24) is 4.98 Å². The summed E-state index contributed by atoms with van der Waals surface area (Å²) in [5, 5.41) is 4.92. The van der Waals surface area contributed by atoms with E-state index in [4.69, 9.17) is 16.0 Å². The van der Waals surface area contributed by atoms with Crippen LogP contribution in [0, 0.1) is 0 Å². The highest BCUT2D eigenvalue weighted by molar-refractivity contribution is 7.13. The summed E-state index contributed by atoms with van der Waals surface area (Å²) in [7, 11) is 0. The molecule has 4 aromatic rings. The van der Waals surface area contributed by atoms with Gasteiger partial charge in [-0.1, -0.05) is 41.9 Å². The first kappa shape index (κ1) is 14.2. The molecule has 0 fully saturated rings. The third-order valence-electron chi connectivity index (χ3n) is 3.40. The molecule has 112 valence electrons. The van der Waals surface area contributed by atoms with Crippen molar-refractivity contribution >= 4 is 39.0 Å². The Bertz CT molecular complexity index is 1020. The van der Waals surface area contributed by atoms with Crippen LogP contribution >= 0.6 is 22.9 Å². The molecule has 0 amide bonds. The fourth-order valence-electron chi connectivity index (χ4n) is 2.35. The molecule has 0 aliphatic heterocycles. The highest BCUT2D eigenvalue weighted by Crippen LogP contribution is 2.24. The van der Waals surface area contributed by atoms with E-state index >= 15 is 0 Å². The molecule has 0 saturated heterocycles. The molecule has 0 N–H and O–H groups in total. The summed E-state index contributed by atoms with van der Waals surface area (Å²) in [6.07, 6.45) is 1.74. The van der Waals surface area contributed by atoms with E-state index in [9.17, 15) is 0 Å². The number of nitrogens with zero attached hydrogens (tertiary/aromatic N) is 2. The number of aromatic nitrogens is 1. The van der Waals surface area contributed by atoms with Gasteiger partial charge in [0.05, 0.1) is 5.36 Å². The van der Waals surface area contributed by atoms with Gasteiger partial charge in [-0.3, -0.25) is 0 Å². The van der Waals surface area contributed by atoms with Gasteiger partial charge in [-0.15, -0.1) is 11.3 Å². The van der Waals surface area contributed by atoms with Crippen molar-refractivity contribution in [2.24, 2.45) is 4.99 Å². The van der Waals surface area contributed by atoms with Gasteiger partial charge in [-0.05, 0) is 18.2 Å². The smallest absolute Gasteiger partial charge is 0.209 e. The lowest BCUT2D eigenvalue weighted by Gasteiger charge is -2.05. The van der Waals surface area contributed by atoms with E-state index in [2.05, 4.69) is 9.98 Å². The van der Waals surface area contributed by atoms with Crippen LogP contribution in [-0.4, -0.2) is 4.98 Å². The molecule has 0 radical (unpaired) electrons. The monoisotopic (exact) mass is 338 g/mol. The first-order valence-corrected chi connectivity index (χ1v) is 8.28. The summed E-state index contributed by atoms with van der Waals surface area (Å²) in [5.41, 5.74) is 1.74. The number of halogens is 1. The Labute approximate surface area is 141 Å². The second-order valence-electron chi connectivity index (χ2n) is 4.93. The van der Waals surface area contributed by atoms with Gasteiger partial charge in [-0.25, -0.2) is 9.98 Å². The number of hydrogen-bond acceptors (Lipinski definition) is 4. The Hall–Kier alpha value is -2.43. The lowest BCUT2D eigenvalue weighted by molar-refractivity contribution is 0.618. The zero-order valence-corrected chi connectivity index (χ0v) is 13.5. The summed E-state index contributed by atoms with van der Waals surface area (Å²) in [6.45, 7) is 0. The van der Waals surface area contributed by atoms with Gasteiger partial charge in [-0.2, -0.15) is 0 Å². The molecule has 0 atom stereocenters. The average molecular weight is 339 g/mol. The van der Waals surface area contributed by atoms with Crippen LogP contribution in [-0.2, 0) is 0 Å². The molecule has 23 heavy (non-hydrogen) atoms. The largest absolute Gasteiger partial charge is 0.456 e. The van der Waals surface area contributed by atoms with E-state index in [-0.39, 0.29) is 0 Å². The molecule has 0 bridgehead atoms. The number of fused-ring (bicyclic) bond motifs is 1. The summed E-state index contributed by atoms with van der Waals surface area (Å²) in [4.78, 5) is 8.88. The predicted octanol–water partition coefficient (Wildman–Crippen LogP) is 5.44. The Morgan fingerprint density at radius 3 is 2.70 bits per heavy atom. The van der Waals surface area contributed by atoms with E-state index in [0.717, 1.165) is 27.7 Å². The first-order chi connectivity index (χ1) is 11.3. The summed E-state index contributed by atoms with van der Waals surface area (Å²) in [5.74, 6) is 0.760. The van der Waals surface area contributed by atoms with Crippen molar-refractivity contribution in [3.63, 3.8) is 0 Å². The lowest BCUT2D eigenvalue weighted by atomic mass is 10.1. The van der Waals surface area contributed by atoms with Gasteiger partial charge in [0.2, 0.25) is 5.13 Å². The van der Waals surface area contributed by atoms with Gasteiger partial charge < -0.3 is 4.42 Å². The quantitative estimate of drug-likeness (QED) is 0.488. The van der Waals surface area contributed by atoms with Crippen molar-refractivity contribution in [1.29, 1.82) is 0 Å². The minimum Gasteiger partial charge on any atom is -0.456 e. The fourth-order valence-corrected chi connectivity index (χ4v) is 3.04. The fraction of sp³-hybridized carbons (Fsp3) is 0. The zero-order valence-electron chi connectivity index (χ0n) is 11.9. The topological polar surface area (TPSA) is 38.4 Å². The van der Waals surface area contributed by atoms with E-state index in [1.54, 1.807) is 6.20 Å². The van der Waals surface area contributed by atoms with Crippen molar-refractivity contribution < 1.29 is 4.42 Å². The molecule has 3 nitrogen and oxygen atoms in total. The summed E-state index contributed by atoms with van der Waals surface area (Å²) in [6, 6.07) is 17.4. The van der Waals surface area contributed by atoms with Crippen LogP contribution in [0.2, 0.25) is 5.02 Å². The van der Waals surface area contributed by atoms with Crippen LogP contribution in [0.25, 0.3) is 22.3 Å². The second-order valence-corrected chi connectivity index (χ2v) is 6.24. The van der Waals surface area contributed by atoms with Crippen LogP contribution in [0.3, 0.4) is 0 Å². The molecule has 2 aromatic heterocycles. The maximum atomic E-state index is 6.13. The van der Waals surface area contributed by atoms with E-state index in [1.165, 1.54) is 11.3 Å². The molecule has 4 rings (SSSR count). The van der Waals surface area contributed by atoms with Crippen LogP contribution in [0.15, 0.2) is 75.6 Å². The van der Waals surface area contributed by atoms with Gasteiger partial charge in [0.15, 0.2) is 0 Å². The van der Waals surface area contributed by atoms with Crippen LogP contribution in [0.5, 0.6) is 0 Å². The predicted molar refractivity (Wildman–Crippen MR) is 94.0 cm³/mol. The van der Waals surface area contributed by atoms with Crippen molar-refractivity contribution in [2.75, 3.05) is 0 Å². The molecule has 5 heteroatoms. The standard InChI is InChI=1S/C18H11ClN2OS/c19-13-6-7-16-14(10-13)15(21-18-20-8-9-23-18)11-17(22-16)12-4-2-1-3-5-12/h1-11H/b21-15-. The zero-order chi connectivity index (χ0) is 15.6. The molecule has 0 unspecified atom stereocenters. The Kier molecular flexibility index (Phi) is 3.69. The van der Waals surface area contributed by atoms with Crippen LogP contribution < -0.4 is 5.36 Å². The lowest BCUT2D eigenvalue weighted by Crippen LogP contribution is -2.03. The minimum absolute atomic E-state index is 0.649. The van der Waals surface area contributed by atoms with Gasteiger partial charge >= 0.3 is 0 Å². The average Bonchev–Trinajstić information content (AvgIpc) is 3.09. The van der Waals surface area contributed by atoms with Gasteiger partial charge in [0.1, 0.15) is 11.3 Å². The van der Waals surface area contributed by atoms with Crippen molar-refractivity contribution in [3.05, 3.63) is 76.6 Å². The Morgan fingerprint density at radius 1 is 1.04 bits per heavy atom. The molecule has 0 spiro atoms. The highest BCUT2D eigenvalue weighted by Gasteiger charge is 2.07. The summed E-state index contributed by atoms with van der Waals surface area (Å²) < 4.78 is 6.03. The van der Waals surface area contributed by atoms with Crippen LogP contribution in [0.1, 0.15) is 0 Å². The number of thiazole rings is 1. The maximum Gasteiger partial charge on any atom is 0.209 e. The molecule has 2 aromatic carbocycles. The molecular formula is C18H11ClN2OS. The molecular weight excluding hydrogens is 328 g/mol. The maximum absolute atomic E-state index is 6.13. The van der Waals surface area contributed by atoms with Crippen molar-refractivity contribution in [3.8, 4) is 11.3 Å². The van der Waals surface area contributed by atoms with Crippen molar-refractivity contribution in [2.45, 2.75) is 0 Å². The molecule has 2 heterocycles. The van der Waals surface area contributed by atoms with Gasteiger partial charge in [0, 0.05) is 33.6 Å². The molecule has 0 saturated carbocycles. The van der Waals surface area contributed by atoms with Crippen LogP contribution in [0.4, 0.5) is 5.13 Å². The van der Waals surface area contributed by atoms with Gasteiger partial charge in [0.25, 0.3) is 0 Å². The normalized spacial score (nSPS) is 12.0. The third kappa shape index (κ3) is 2.91. The van der Waals surface area contributed by atoms with E-state index < -0.39 is 0 Å². The summed E-state index contributed by atoms with van der Waals surface area (Å²) >= 11 is 7.62. The third-order valence-corrected chi connectivity index (χ3v) is 4.30. The molecule has 0 aliphatic rings.